The molecule has 6 heteroatoms. The van der Waals surface area contributed by atoms with Crippen LogP contribution >= 0.6 is 27.5 Å². The number of benzene rings is 2. The Morgan fingerprint density at radius 2 is 2.05 bits per heavy atom. The highest BCUT2D eigenvalue weighted by atomic mass is 79.9. The Morgan fingerprint density at radius 1 is 1.29 bits per heavy atom. The first-order valence-corrected chi connectivity index (χ1v) is 7.39. The molecule has 0 heterocycles. The molecular weight excluding hydrogens is 358 g/mol. The number of carbonyl (C=O) groups is 1. The zero-order valence-corrected chi connectivity index (χ0v) is 13.3. The van der Waals surface area contributed by atoms with E-state index in [1.165, 1.54) is 6.07 Å². The van der Waals surface area contributed by atoms with E-state index in [9.17, 15) is 4.79 Å². The van der Waals surface area contributed by atoms with Gasteiger partial charge in [0, 0.05) is 16.7 Å². The van der Waals surface area contributed by atoms with Gasteiger partial charge in [-0.3, -0.25) is 0 Å². The van der Waals surface area contributed by atoms with Gasteiger partial charge in [-0.25, -0.2) is 4.79 Å². The number of anilines is 1. The largest absolute Gasteiger partial charge is 0.491 e. The van der Waals surface area contributed by atoms with Crippen LogP contribution < -0.4 is 10.1 Å². The molecule has 0 radical (unpaired) electrons. The van der Waals surface area contributed by atoms with Crippen molar-refractivity contribution >= 4 is 39.2 Å². The van der Waals surface area contributed by atoms with Gasteiger partial charge in [0.15, 0.2) is 0 Å². The molecule has 0 unspecified atom stereocenters. The molecule has 0 aliphatic carbocycles. The van der Waals surface area contributed by atoms with E-state index >= 15 is 0 Å². The maximum atomic E-state index is 11.0. The monoisotopic (exact) mass is 369 g/mol. The van der Waals surface area contributed by atoms with Gasteiger partial charge in [-0.15, -0.1) is 0 Å². The van der Waals surface area contributed by atoms with Crippen LogP contribution in [0.15, 0.2) is 46.9 Å². The predicted molar refractivity (Wildman–Crippen MR) is 86.5 cm³/mol. The first-order chi connectivity index (χ1) is 10.1. The number of aromatic carboxylic acids is 1. The molecule has 0 spiro atoms. The van der Waals surface area contributed by atoms with Crippen LogP contribution in [-0.2, 0) is 0 Å². The predicted octanol–water partition coefficient (Wildman–Crippen LogP) is 4.29. The number of carboxylic acids is 1. The summed E-state index contributed by atoms with van der Waals surface area (Å²) in [6.07, 6.45) is 0. The number of para-hydroxylation sites is 1. The number of hydrogen-bond acceptors (Lipinski definition) is 3. The number of nitrogens with one attached hydrogen (secondary N) is 1. The summed E-state index contributed by atoms with van der Waals surface area (Å²) in [7, 11) is 0. The van der Waals surface area contributed by atoms with E-state index in [1.54, 1.807) is 24.3 Å². The summed E-state index contributed by atoms with van der Waals surface area (Å²) in [5.74, 6) is -0.640. The molecule has 0 aromatic heterocycles. The summed E-state index contributed by atoms with van der Waals surface area (Å²) >= 11 is 9.32. The molecule has 2 aromatic carbocycles. The van der Waals surface area contributed by atoms with Crippen LogP contribution in [0.1, 0.15) is 10.4 Å². The van der Waals surface area contributed by atoms with Gasteiger partial charge >= 0.3 is 5.97 Å². The van der Waals surface area contributed by atoms with Crippen molar-refractivity contribution in [3.63, 3.8) is 0 Å². The van der Waals surface area contributed by atoms with Gasteiger partial charge in [0.2, 0.25) is 0 Å². The molecule has 4 nitrogen and oxygen atoms in total. The van der Waals surface area contributed by atoms with Crippen molar-refractivity contribution in [2.45, 2.75) is 0 Å². The number of ether oxygens (including phenoxy) is 1. The zero-order valence-electron chi connectivity index (χ0n) is 11.0. The van der Waals surface area contributed by atoms with E-state index in [-0.39, 0.29) is 5.56 Å². The summed E-state index contributed by atoms with van der Waals surface area (Å²) in [5.41, 5.74) is 1.03. The molecule has 0 bridgehead atoms. The molecule has 0 saturated carbocycles. The van der Waals surface area contributed by atoms with Crippen LogP contribution in [0.2, 0.25) is 5.02 Å². The lowest BCUT2D eigenvalue weighted by molar-refractivity contribution is 0.0692. The van der Waals surface area contributed by atoms with Gasteiger partial charge in [0.1, 0.15) is 17.9 Å². The SMILES string of the molecule is O=C(O)c1ccccc1OCCNc1ccc(Br)c(Cl)c1. The molecule has 2 rings (SSSR count). The topological polar surface area (TPSA) is 58.6 Å². The Balaban J connectivity index is 1.87. The van der Waals surface area contributed by atoms with Crippen molar-refractivity contribution in [2.24, 2.45) is 0 Å². The quantitative estimate of drug-likeness (QED) is 0.745. The van der Waals surface area contributed by atoms with Crippen molar-refractivity contribution in [1.82, 2.24) is 0 Å². The third-order valence-corrected chi connectivity index (χ3v) is 3.96. The minimum atomic E-state index is -1.00. The van der Waals surface area contributed by atoms with Crippen LogP contribution in [0.5, 0.6) is 5.75 Å². The van der Waals surface area contributed by atoms with Crippen LogP contribution in [0.3, 0.4) is 0 Å². The highest BCUT2D eigenvalue weighted by Crippen LogP contribution is 2.25. The first kappa shape index (κ1) is 15.7. The minimum absolute atomic E-state index is 0.157. The van der Waals surface area contributed by atoms with Gasteiger partial charge in [-0.1, -0.05) is 23.7 Å². The molecule has 110 valence electrons. The maximum Gasteiger partial charge on any atom is 0.339 e. The Morgan fingerprint density at radius 3 is 2.76 bits per heavy atom. The molecule has 0 amide bonds. The summed E-state index contributed by atoms with van der Waals surface area (Å²) < 4.78 is 6.32. The van der Waals surface area contributed by atoms with Crippen molar-refractivity contribution in [1.29, 1.82) is 0 Å². The van der Waals surface area contributed by atoms with E-state index in [4.69, 9.17) is 21.4 Å². The average molecular weight is 371 g/mol. The molecule has 21 heavy (non-hydrogen) atoms. The van der Waals surface area contributed by atoms with Crippen LogP contribution in [0.4, 0.5) is 5.69 Å². The van der Waals surface area contributed by atoms with Crippen molar-refractivity contribution in [3.05, 3.63) is 57.5 Å². The average Bonchev–Trinajstić information content (AvgIpc) is 2.47. The first-order valence-electron chi connectivity index (χ1n) is 6.22. The van der Waals surface area contributed by atoms with E-state index < -0.39 is 5.97 Å². The lowest BCUT2D eigenvalue weighted by Gasteiger charge is -2.11. The number of rotatable bonds is 6. The van der Waals surface area contributed by atoms with E-state index in [0.29, 0.717) is 23.9 Å². The van der Waals surface area contributed by atoms with Crippen molar-refractivity contribution < 1.29 is 14.6 Å². The Hall–Kier alpha value is -1.72. The second-order valence-electron chi connectivity index (χ2n) is 4.21. The van der Waals surface area contributed by atoms with Gasteiger partial charge in [0.25, 0.3) is 0 Å². The third kappa shape index (κ3) is 4.37. The smallest absolute Gasteiger partial charge is 0.339 e. The number of carboxylic acid groups (broad SMARTS) is 1. The lowest BCUT2D eigenvalue weighted by atomic mass is 10.2. The molecular formula is C15H13BrClNO3. The lowest BCUT2D eigenvalue weighted by Crippen LogP contribution is -2.13. The van der Waals surface area contributed by atoms with Crippen LogP contribution in [0, 0.1) is 0 Å². The molecule has 0 aliphatic heterocycles. The highest BCUT2D eigenvalue weighted by molar-refractivity contribution is 9.10. The summed E-state index contributed by atoms with van der Waals surface area (Å²) in [4.78, 5) is 11.0. The molecule has 0 fully saturated rings. The number of hydrogen-bond donors (Lipinski definition) is 2. The van der Waals surface area contributed by atoms with Crippen LogP contribution in [-0.4, -0.2) is 24.2 Å². The Kier molecular flexibility index (Phi) is 5.47. The maximum absolute atomic E-state index is 11.0. The Labute approximate surface area is 135 Å². The fourth-order valence-corrected chi connectivity index (χ4v) is 2.16. The summed E-state index contributed by atoms with van der Waals surface area (Å²) in [6.45, 7) is 0.879. The summed E-state index contributed by atoms with van der Waals surface area (Å²) in [6, 6.07) is 12.1. The fourth-order valence-electron chi connectivity index (χ4n) is 1.73. The van der Waals surface area contributed by atoms with Gasteiger partial charge < -0.3 is 15.2 Å². The molecule has 0 aliphatic rings. The minimum Gasteiger partial charge on any atom is -0.491 e. The van der Waals surface area contributed by atoms with E-state index in [1.807, 2.05) is 12.1 Å². The third-order valence-electron chi connectivity index (χ3n) is 2.73. The van der Waals surface area contributed by atoms with Gasteiger partial charge in [0.05, 0.1) is 5.02 Å². The number of halogens is 2. The van der Waals surface area contributed by atoms with Crippen molar-refractivity contribution in [2.75, 3.05) is 18.5 Å². The Bertz CT molecular complexity index is 649. The second-order valence-corrected chi connectivity index (χ2v) is 5.47. The second kappa shape index (κ2) is 7.33. The summed E-state index contributed by atoms with van der Waals surface area (Å²) in [5, 5.41) is 12.8. The fraction of sp³-hybridized carbons (Fsp3) is 0.133. The molecule has 2 aromatic rings. The molecule has 2 N–H and O–H groups in total. The highest BCUT2D eigenvalue weighted by Gasteiger charge is 2.09. The zero-order chi connectivity index (χ0) is 15.2. The van der Waals surface area contributed by atoms with Gasteiger partial charge in [-0.2, -0.15) is 0 Å². The van der Waals surface area contributed by atoms with E-state index in [0.717, 1.165) is 10.2 Å². The normalized spacial score (nSPS) is 10.2. The van der Waals surface area contributed by atoms with Crippen molar-refractivity contribution in [3.8, 4) is 5.75 Å². The van der Waals surface area contributed by atoms with Gasteiger partial charge in [-0.05, 0) is 46.3 Å². The molecule has 0 atom stereocenters. The standard InChI is InChI=1S/C15H13BrClNO3/c16-12-6-5-10(9-13(12)17)18-7-8-21-14-4-2-1-3-11(14)15(19)20/h1-6,9,18H,7-8H2,(H,19,20). The van der Waals surface area contributed by atoms with Crippen LogP contribution in [0.25, 0.3) is 0 Å². The molecule has 0 saturated heterocycles. The van der Waals surface area contributed by atoms with E-state index in [2.05, 4.69) is 21.2 Å².